The highest BCUT2D eigenvalue weighted by Crippen LogP contribution is 2.45. The van der Waals surface area contributed by atoms with Crippen molar-refractivity contribution in [2.24, 2.45) is 0 Å². The molecule has 33 heavy (non-hydrogen) atoms. The van der Waals surface area contributed by atoms with Crippen molar-refractivity contribution in [2.75, 3.05) is 4.90 Å². The van der Waals surface area contributed by atoms with Crippen molar-refractivity contribution in [3.8, 4) is 0 Å². The number of amides is 2. The monoisotopic (exact) mass is 531 g/mol. The first-order valence-electron chi connectivity index (χ1n) is 9.50. The molecule has 0 saturated carbocycles. The minimum Gasteiger partial charge on any atom is -0.268 e. The second-order valence-electron chi connectivity index (χ2n) is 7.32. The minimum atomic E-state index is -4.42. The maximum atomic E-state index is 13.0. The van der Waals surface area contributed by atoms with Gasteiger partial charge in [-0.3, -0.25) is 9.59 Å². The van der Waals surface area contributed by atoms with Gasteiger partial charge in [0, 0.05) is 0 Å². The van der Waals surface area contributed by atoms with Gasteiger partial charge in [0.25, 0.3) is 11.8 Å². The Morgan fingerprint density at radius 3 is 1.70 bits per heavy atom. The number of hydrogen-bond acceptors (Lipinski definition) is 2. The number of imide groups is 1. The van der Waals surface area contributed by atoms with Crippen molar-refractivity contribution in [1.29, 1.82) is 0 Å². The molecule has 0 saturated heterocycles. The van der Waals surface area contributed by atoms with Crippen molar-refractivity contribution in [2.45, 2.75) is 19.0 Å². The van der Waals surface area contributed by atoms with E-state index in [1.807, 2.05) is 0 Å². The van der Waals surface area contributed by atoms with Gasteiger partial charge in [0.15, 0.2) is 0 Å². The number of carbonyl (C=O) groups excluding carboxylic acids is 2. The number of aryl methyl sites for hydroxylation is 2. The summed E-state index contributed by atoms with van der Waals surface area (Å²) in [6.07, 6.45) is -3.70. The molecule has 0 aliphatic carbocycles. The zero-order valence-electron chi connectivity index (χ0n) is 16.4. The molecule has 0 aromatic heterocycles. The van der Waals surface area contributed by atoms with E-state index in [1.165, 1.54) is 6.07 Å². The molecule has 3 aromatic rings. The van der Waals surface area contributed by atoms with Crippen LogP contribution in [0.2, 0.25) is 20.1 Å². The molecule has 3 nitrogen and oxygen atoms in total. The van der Waals surface area contributed by atoms with Gasteiger partial charge in [-0.05, 0) is 42.2 Å². The van der Waals surface area contributed by atoms with Crippen LogP contribution < -0.4 is 4.90 Å². The van der Waals surface area contributed by atoms with Crippen LogP contribution in [0.4, 0.5) is 18.9 Å². The summed E-state index contributed by atoms with van der Waals surface area (Å²) in [5, 5.41) is -0.579. The van der Waals surface area contributed by atoms with Gasteiger partial charge in [-0.25, -0.2) is 4.90 Å². The predicted octanol–water partition coefficient (Wildman–Crippen LogP) is 7.90. The molecule has 1 aliphatic rings. The Kier molecular flexibility index (Phi) is 6.40. The molecule has 170 valence electrons. The number of fused-ring (bicyclic) bond motifs is 1. The fraction of sp³-hybridized carbons (Fsp3) is 0.130. The van der Waals surface area contributed by atoms with Crippen LogP contribution in [0.3, 0.4) is 0 Å². The van der Waals surface area contributed by atoms with Crippen LogP contribution in [-0.4, -0.2) is 11.8 Å². The van der Waals surface area contributed by atoms with Crippen LogP contribution in [0.1, 0.15) is 37.4 Å². The number of alkyl halides is 3. The highest BCUT2D eigenvalue weighted by atomic mass is 35.5. The van der Waals surface area contributed by atoms with Crippen molar-refractivity contribution in [3.05, 3.63) is 96.4 Å². The number of anilines is 1. The Labute approximate surface area is 206 Å². The second-order valence-corrected chi connectivity index (χ2v) is 8.83. The lowest BCUT2D eigenvalue weighted by atomic mass is 10.0. The predicted molar refractivity (Wildman–Crippen MR) is 123 cm³/mol. The zero-order valence-corrected chi connectivity index (χ0v) is 19.5. The Hall–Kier alpha value is -2.25. The number of hydrogen-bond donors (Lipinski definition) is 0. The van der Waals surface area contributed by atoms with Crippen LogP contribution >= 0.6 is 46.4 Å². The highest BCUT2D eigenvalue weighted by molar-refractivity contribution is 6.56. The normalized spacial score (nSPS) is 13.6. The van der Waals surface area contributed by atoms with E-state index in [1.54, 1.807) is 30.3 Å². The molecule has 0 spiro atoms. The Morgan fingerprint density at radius 1 is 0.697 bits per heavy atom. The standard InChI is InChI=1S/C23H12Cl4F3NO2/c24-17-15-16(18(25)20(27)19(17)26)22(33)31(21(15)32)14-6-2-4-12(10-14)8-7-11-3-1-5-13(9-11)23(28,29)30/h1-6,9-10H,7-8H2. The summed E-state index contributed by atoms with van der Waals surface area (Å²) in [5.41, 5.74) is 0.521. The first-order chi connectivity index (χ1) is 15.5. The van der Waals surface area contributed by atoms with Crippen molar-refractivity contribution < 1.29 is 22.8 Å². The molecule has 0 fully saturated rings. The van der Waals surface area contributed by atoms with E-state index in [-0.39, 0.29) is 36.9 Å². The van der Waals surface area contributed by atoms with E-state index in [2.05, 4.69) is 0 Å². The third-order valence-electron chi connectivity index (χ3n) is 5.23. The van der Waals surface area contributed by atoms with E-state index >= 15 is 0 Å². The first-order valence-corrected chi connectivity index (χ1v) is 11.0. The molecule has 1 heterocycles. The lowest BCUT2D eigenvalue weighted by molar-refractivity contribution is -0.137. The second kappa shape index (κ2) is 8.84. The van der Waals surface area contributed by atoms with Crippen LogP contribution in [0.5, 0.6) is 0 Å². The topological polar surface area (TPSA) is 37.4 Å². The molecule has 3 aromatic carbocycles. The molecule has 0 radical (unpaired) electrons. The molecule has 0 bridgehead atoms. The van der Waals surface area contributed by atoms with Gasteiger partial charge in [-0.1, -0.05) is 76.7 Å². The summed E-state index contributed by atoms with van der Waals surface area (Å²) in [6, 6.07) is 11.7. The smallest absolute Gasteiger partial charge is 0.268 e. The van der Waals surface area contributed by atoms with Crippen LogP contribution in [0.15, 0.2) is 48.5 Å². The van der Waals surface area contributed by atoms with Gasteiger partial charge >= 0.3 is 6.18 Å². The Bertz CT molecular complexity index is 1260. The van der Waals surface area contributed by atoms with E-state index in [4.69, 9.17) is 46.4 Å². The summed E-state index contributed by atoms with van der Waals surface area (Å²) in [5.74, 6) is -1.40. The number of rotatable bonds is 4. The van der Waals surface area contributed by atoms with Crippen molar-refractivity contribution >= 4 is 63.9 Å². The SMILES string of the molecule is O=C1c2c(Cl)c(Cl)c(Cl)c(Cl)c2C(=O)N1c1cccc(CCc2cccc(C(F)(F)F)c2)c1. The summed E-state index contributed by atoms with van der Waals surface area (Å²) >= 11 is 24.4. The Balaban J connectivity index is 1.61. The summed E-state index contributed by atoms with van der Waals surface area (Å²) in [6.45, 7) is 0. The maximum Gasteiger partial charge on any atom is 0.416 e. The Morgan fingerprint density at radius 2 is 1.18 bits per heavy atom. The van der Waals surface area contributed by atoms with E-state index < -0.39 is 23.6 Å². The van der Waals surface area contributed by atoms with Crippen molar-refractivity contribution in [1.82, 2.24) is 0 Å². The molecule has 0 N–H and O–H groups in total. The number of carbonyl (C=O) groups is 2. The fourth-order valence-corrected chi connectivity index (χ4v) is 4.64. The molecule has 2 amide bonds. The van der Waals surface area contributed by atoms with Crippen LogP contribution in [-0.2, 0) is 19.0 Å². The van der Waals surface area contributed by atoms with Gasteiger partial charge in [0.2, 0.25) is 0 Å². The molecule has 0 atom stereocenters. The summed E-state index contributed by atoms with van der Waals surface area (Å²) in [7, 11) is 0. The molecule has 4 rings (SSSR count). The van der Waals surface area contributed by atoms with Gasteiger partial charge in [0.05, 0.1) is 42.5 Å². The quantitative estimate of drug-likeness (QED) is 0.194. The van der Waals surface area contributed by atoms with E-state index in [0.29, 0.717) is 18.4 Å². The van der Waals surface area contributed by atoms with Crippen molar-refractivity contribution in [3.63, 3.8) is 0 Å². The van der Waals surface area contributed by atoms with Crippen LogP contribution in [0.25, 0.3) is 0 Å². The molecular formula is C23H12Cl4F3NO2. The molecule has 10 heteroatoms. The average Bonchev–Trinajstić information content (AvgIpc) is 3.04. The summed E-state index contributed by atoms with van der Waals surface area (Å²) < 4.78 is 38.8. The number of benzene rings is 3. The van der Waals surface area contributed by atoms with E-state index in [9.17, 15) is 22.8 Å². The third-order valence-corrected chi connectivity index (χ3v) is 7.03. The number of nitrogens with zero attached hydrogens (tertiary/aromatic N) is 1. The fourth-order valence-electron chi connectivity index (χ4n) is 3.63. The average molecular weight is 533 g/mol. The first kappa shape index (κ1) is 23.9. The van der Waals surface area contributed by atoms with Crippen LogP contribution in [0, 0.1) is 0 Å². The molecule has 1 aliphatic heterocycles. The van der Waals surface area contributed by atoms with Gasteiger partial charge in [-0.2, -0.15) is 13.2 Å². The van der Waals surface area contributed by atoms with Gasteiger partial charge in [0.1, 0.15) is 0 Å². The molecule has 0 unspecified atom stereocenters. The van der Waals surface area contributed by atoms with Gasteiger partial charge in [-0.15, -0.1) is 0 Å². The zero-order chi connectivity index (χ0) is 24.1. The minimum absolute atomic E-state index is 0.125. The van der Waals surface area contributed by atoms with E-state index in [0.717, 1.165) is 22.6 Å². The maximum absolute atomic E-state index is 13.0. The third kappa shape index (κ3) is 4.33. The lowest BCUT2D eigenvalue weighted by Gasteiger charge is -2.15. The van der Waals surface area contributed by atoms with Gasteiger partial charge < -0.3 is 0 Å². The number of halogens is 7. The summed E-state index contributed by atoms with van der Waals surface area (Å²) in [4.78, 5) is 27.0. The lowest BCUT2D eigenvalue weighted by Crippen LogP contribution is -2.29. The highest BCUT2D eigenvalue weighted by Gasteiger charge is 2.42. The molecular weight excluding hydrogens is 521 g/mol. The largest absolute Gasteiger partial charge is 0.416 e.